The van der Waals surface area contributed by atoms with Gasteiger partial charge in [0.15, 0.2) is 0 Å². The second-order valence-electron chi connectivity index (χ2n) is 3.93. The monoisotopic (exact) mass is 244 g/mol. The van der Waals surface area contributed by atoms with Gasteiger partial charge in [0, 0.05) is 6.42 Å². The van der Waals surface area contributed by atoms with Crippen LogP contribution in [0.25, 0.3) is 0 Å². The van der Waals surface area contributed by atoms with E-state index in [1.54, 1.807) is 13.8 Å². The third kappa shape index (κ3) is 7.77. The molecule has 1 unspecified atom stereocenters. The zero-order valence-electron chi connectivity index (χ0n) is 11.2. The fourth-order valence-electron chi connectivity index (χ4n) is 1.71. The summed E-state index contributed by atoms with van der Waals surface area (Å²) in [5.74, 6) is -0.404. The highest BCUT2D eigenvalue weighted by Crippen LogP contribution is 2.17. The van der Waals surface area contributed by atoms with Crippen molar-refractivity contribution < 1.29 is 19.1 Å². The summed E-state index contributed by atoms with van der Waals surface area (Å²) in [7, 11) is 0. The molecular formula is C13H24O4. The zero-order valence-corrected chi connectivity index (χ0v) is 11.2. The number of esters is 2. The fourth-order valence-corrected chi connectivity index (χ4v) is 1.71. The molecule has 0 spiro atoms. The molecule has 0 radical (unpaired) electrons. The highest BCUT2D eigenvalue weighted by atomic mass is 16.5. The molecule has 0 saturated heterocycles. The maximum atomic E-state index is 11.6. The van der Waals surface area contributed by atoms with Gasteiger partial charge >= 0.3 is 11.9 Å². The van der Waals surface area contributed by atoms with Crippen molar-refractivity contribution in [2.24, 2.45) is 5.92 Å². The van der Waals surface area contributed by atoms with E-state index < -0.39 is 0 Å². The van der Waals surface area contributed by atoms with Gasteiger partial charge in [0.05, 0.1) is 19.1 Å². The van der Waals surface area contributed by atoms with Crippen LogP contribution in [-0.4, -0.2) is 25.2 Å². The first-order chi connectivity index (χ1) is 8.15. The average molecular weight is 244 g/mol. The van der Waals surface area contributed by atoms with Gasteiger partial charge in [-0.05, 0) is 33.1 Å². The van der Waals surface area contributed by atoms with E-state index in [2.05, 4.69) is 0 Å². The van der Waals surface area contributed by atoms with Crippen LogP contribution in [0.5, 0.6) is 0 Å². The van der Waals surface area contributed by atoms with E-state index in [1.807, 2.05) is 6.92 Å². The highest BCUT2D eigenvalue weighted by Gasteiger charge is 2.18. The van der Waals surface area contributed by atoms with Gasteiger partial charge < -0.3 is 9.47 Å². The van der Waals surface area contributed by atoms with E-state index in [0.29, 0.717) is 32.5 Å². The predicted molar refractivity (Wildman–Crippen MR) is 65.5 cm³/mol. The van der Waals surface area contributed by atoms with Crippen molar-refractivity contribution in [1.82, 2.24) is 0 Å². The number of hydrogen-bond acceptors (Lipinski definition) is 4. The number of ether oxygens (including phenoxy) is 2. The molecule has 0 N–H and O–H groups in total. The van der Waals surface area contributed by atoms with Gasteiger partial charge in [0.1, 0.15) is 0 Å². The van der Waals surface area contributed by atoms with Crippen LogP contribution in [-0.2, 0) is 19.1 Å². The Labute approximate surface area is 104 Å². The first kappa shape index (κ1) is 15.9. The Morgan fingerprint density at radius 2 is 1.65 bits per heavy atom. The lowest BCUT2D eigenvalue weighted by Gasteiger charge is -2.14. The topological polar surface area (TPSA) is 52.6 Å². The molecule has 0 heterocycles. The Kier molecular flexibility index (Phi) is 9.49. The van der Waals surface area contributed by atoms with Crippen LogP contribution in [0.2, 0.25) is 0 Å². The maximum Gasteiger partial charge on any atom is 0.308 e. The summed E-state index contributed by atoms with van der Waals surface area (Å²) in [4.78, 5) is 22.7. The SMILES string of the molecule is CCCC(CCCC(=O)OCC)C(=O)OCC. The first-order valence-electron chi connectivity index (χ1n) is 6.47. The molecular weight excluding hydrogens is 220 g/mol. The third-order valence-electron chi connectivity index (χ3n) is 2.50. The molecule has 0 aliphatic heterocycles. The third-order valence-corrected chi connectivity index (χ3v) is 2.50. The molecule has 0 aromatic rings. The van der Waals surface area contributed by atoms with Crippen molar-refractivity contribution in [1.29, 1.82) is 0 Å². The van der Waals surface area contributed by atoms with Gasteiger partial charge in [-0.25, -0.2) is 0 Å². The van der Waals surface area contributed by atoms with Crippen molar-refractivity contribution in [3.63, 3.8) is 0 Å². The summed E-state index contributed by atoms with van der Waals surface area (Å²) < 4.78 is 9.84. The molecule has 0 amide bonds. The molecule has 0 aliphatic rings. The number of rotatable bonds is 9. The molecule has 0 aromatic carbocycles. The van der Waals surface area contributed by atoms with Gasteiger partial charge in [-0.15, -0.1) is 0 Å². The molecule has 0 fully saturated rings. The second-order valence-corrected chi connectivity index (χ2v) is 3.93. The molecule has 1 atom stereocenters. The van der Waals surface area contributed by atoms with Crippen molar-refractivity contribution in [2.75, 3.05) is 13.2 Å². The van der Waals surface area contributed by atoms with Gasteiger partial charge in [-0.2, -0.15) is 0 Å². The second kappa shape index (κ2) is 10.1. The molecule has 0 rings (SSSR count). The number of carbonyl (C=O) groups is 2. The lowest BCUT2D eigenvalue weighted by Crippen LogP contribution is -2.18. The Hall–Kier alpha value is -1.06. The molecule has 4 nitrogen and oxygen atoms in total. The van der Waals surface area contributed by atoms with E-state index in [1.165, 1.54) is 0 Å². The average Bonchev–Trinajstić information content (AvgIpc) is 2.28. The Morgan fingerprint density at radius 1 is 1.00 bits per heavy atom. The summed E-state index contributed by atoms with van der Waals surface area (Å²) in [5.41, 5.74) is 0. The summed E-state index contributed by atoms with van der Waals surface area (Å²) in [5, 5.41) is 0. The van der Waals surface area contributed by atoms with Crippen LogP contribution < -0.4 is 0 Å². The van der Waals surface area contributed by atoms with Crippen LogP contribution in [0.3, 0.4) is 0 Å². The maximum absolute atomic E-state index is 11.6. The first-order valence-corrected chi connectivity index (χ1v) is 6.47. The van der Waals surface area contributed by atoms with Crippen LogP contribution in [0, 0.1) is 5.92 Å². The van der Waals surface area contributed by atoms with Crippen molar-refractivity contribution in [3.05, 3.63) is 0 Å². The predicted octanol–water partition coefficient (Wildman–Crippen LogP) is 2.70. The fraction of sp³-hybridized carbons (Fsp3) is 0.846. The van der Waals surface area contributed by atoms with Crippen LogP contribution in [0.1, 0.15) is 52.9 Å². The largest absolute Gasteiger partial charge is 0.466 e. The van der Waals surface area contributed by atoms with E-state index >= 15 is 0 Å². The summed E-state index contributed by atoms with van der Waals surface area (Å²) in [6.07, 6.45) is 3.53. The van der Waals surface area contributed by atoms with Gasteiger partial charge in [-0.1, -0.05) is 13.3 Å². The van der Waals surface area contributed by atoms with E-state index in [4.69, 9.17) is 9.47 Å². The quantitative estimate of drug-likeness (QED) is 0.585. The van der Waals surface area contributed by atoms with E-state index in [-0.39, 0.29) is 17.9 Å². The van der Waals surface area contributed by atoms with Crippen LogP contribution >= 0.6 is 0 Å². The molecule has 17 heavy (non-hydrogen) atoms. The van der Waals surface area contributed by atoms with E-state index in [0.717, 1.165) is 12.8 Å². The Morgan fingerprint density at radius 3 is 2.18 bits per heavy atom. The lowest BCUT2D eigenvalue weighted by molar-refractivity contribution is -0.149. The van der Waals surface area contributed by atoms with Crippen molar-refractivity contribution in [2.45, 2.75) is 52.9 Å². The van der Waals surface area contributed by atoms with Crippen molar-refractivity contribution in [3.8, 4) is 0 Å². The minimum absolute atomic E-state index is 0.0747. The smallest absolute Gasteiger partial charge is 0.308 e. The van der Waals surface area contributed by atoms with Gasteiger partial charge in [0.2, 0.25) is 0 Å². The standard InChI is InChI=1S/C13H24O4/c1-4-8-11(13(15)17-6-3)9-7-10-12(14)16-5-2/h11H,4-10H2,1-3H3. The van der Waals surface area contributed by atoms with Gasteiger partial charge in [0.25, 0.3) is 0 Å². The molecule has 100 valence electrons. The molecule has 4 heteroatoms. The van der Waals surface area contributed by atoms with Gasteiger partial charge in [-0.3, -0.25) is 9.59 Å². The zero-order chi connectivity index (χ0) is 13.1. The lowest BCUT2D eigenvalue weighted by atomic mass is 9.97. The molecule has 0 saturated carbocycles. The van der Waals surface area contributed by atoms with Crippen LogP contribution in [0.4, 0.5) is 0 Å². The summed E-state index contributed by atoms with van der Waals surface area (Å²) in [6.45, 7) is 6.46. The molecule has 0 aliphatic carbocycles. The van der Waals surface area contributed by atoms with Crippen molar-refractivity contribution >= 4 is 11.9 Å². The summed E-state index contributed by atoms with van der Waals surface area (Å²) in [6, 6.07) is 0. The number of hydrogen-bond donors (Lipinski definition) is 0. The Bertz CT molecular complexity index is 225. The van der Waals surface area contributed by atoms with E-state index in [9.17, 15) is 9.59 Å². The Balaban J connectivity index is 3.92. The normalized spacial score (nSPS) is 11.9. The van der Waals surface area contributed by atoms with Crippen LogP contribution in [0.15, 0.2) is 0 Å². The highest BCUT2D eigenvalue weighted by molar-refractivity contribution is 5.72. The number of carbonyl (C=O) groups excluding carboxylic acids is 2. The molecule has 0 bridgehead atoms. The minimum atomic E-state index is -0.188. The molecule has 0 aromatic heterocycles. The summed E-state index contributed by atoms with van der Waals surface area (Å²) >= 11 is 0. The minimum Gasteiger partial charge on any atom is -0.466 e.